The standard InChI is InChI=1S/C17H16Cl2N2O4S/c1-11(22)12-2-5-14(6-3-12)26(24,25)20-9-8-17(23)21-13-4-7-15(18)16(19)10-13/h2-7,10,20H,8-9H2,1H3,(H,21,23). The van der Waals surface area contributed by atoms with Gasteiger partial charge in [-0.15, -0.1) is 0 Å². The summed E-state index contributed by atoms with van der Waals surface area (Å²) >= 11 is 11.7. The minimum Gasteiger partial charge on any atom is -0.326 e. The first-order valence-corrected chi connectivity index (χ1v) is 9.78. The molecule has 26 heavy (non-hydrogen) atoms. The van der Waals surface area contributed by atoms with Gasteiger partial charge in [-0.2, -0.15) is 0 Å². The van der Waals surface area contributed by atoms with Crippen LogP contribution in [0.2, 0.25) is 10.0 Å². The monoisotopic (exact) mass is 414 g/mol. The molecule has 0 aliphatic heterocycles. The van der Waals surface area contributed by atoms with E-state index < -0.39 is 10.0 Å². The third-order valence-corrected chi connectivity index (χ3v) is 5.63. The maximum atomic E-state index is 12.2. The summed E-state index contributed by atoms with van der Waals surface area (Å²) in [5.74, 6) is -0.529. The van der Waals surface area contributed by atoms with Crippen LogP contribution in [0.1, 0.15) is 23.7 Å². The van der Waals surface area contributed by atoms with E-state index in [0.29, 0.717) is 21.3 Å². The quantitative estimate of drug-likeness (QED) is 0.677. The number of sulfonamides is 1. The van der Waals surface area contributed by atoms with E-state index in [2.05, 4.69) is 10.0 Å². The van der Waals surface area contributed by atoms with Crippen LogP contribution in [0.5, 0.6) is 0 Å². The van der Waals surface area contributed by atoms with E-state index in [9.17, 15) is 18.0 Å². The molecule has 6 nitrogen and oxygen atoms in total. The summed E-state index contributed by atoms with van der Waals surface area (Å²) in [6.07, 6.45) is -0.0645. The number of halogens is 2. The lowest BCUT2D eigenvalue weighted by Gasteiger charge is -2.08. The molecule has 0 saturated carbocycles. The Morgan fingerprint density at radius 3 is 2.23 bits per heavy atom. The van der Waals surface area contributed by atoms with Crippen molar-refractivity contribution >= 4 is 50.6 Å². The Labute approximate surface area is 161 Å². The van der Waals surface area contributed by atoms with Gasteiger partial charge in [0.2, 0.25) is 15.9 Å². The molecule has 0 fully saturated rings. The molecule has 0 heterocycles. The largest absolute Gasteiger partial charge is 0.326 e. The summed E-state index contributed by atoms with van der Waals surface area (Å²) < 4.78 is 26.7. The minimum absolute atomic E-state index is 0.0207. The van der Waals surface area contributed by atoms with Crippen LogP contribution in [0.15, 0.2) is 47.4 Å². The smallest absolute Gasteiger partial charge is 0.240 e. The van der Waals surface area contributed by atoms with Crippen LogP contribution in [0, 0.1) is 0 Å². The average molecular weight is 415 g/mol. The van der Waals surface area contributed by atoms with Gasteiger partial charge < -0.3 is 5.32 Å². The lowest BCUT2D eigenvalue weighted by molar-refractivity contribution is -0.116. The normalized spacial score (nSPS) is 11.2. The predicted octanol–water partition coefficient (Wildman–Crippen LogP) is 3.50. The van der Waals surface area contributed by atoms with E-state index in [-0.39, 0.29) is 29.6 Å². The summed E-state index contributed by atoms with van der Waals surface area (Å²) in [6, 6.07) is 10.2. The van der Waals surface area contributed by atoms with Crippen molar-refractivity contribution in [3.63, 3.8) is 0 Å². The van der Waals surface area contributed by atoms with E-state index >= 15 is 0 Å². The fourth-order valence-electron chi connectivity index (χ4n) is 2.05. The third kappa shape index (κ3) is 5.54. The first-order chi connectivity index (χ1) is 12.2. The number of hydrogen-bond donors (Lipinski definition) is 2. The highest BCUT2D eigenvalue weighted by Crippen LogP contribution is 2.25. The van der Waals surface area contributed by atoms with Crippen molar-refractivity contribution in [2.24, 2.45) is 0 Å². The minimum atomic E-state index is -3.76. The molecular formula is C17H16Cl2N2O4S. The summed E-state index contributed by atoms with van der Waals surface area (Å²) in [4.78, 5) is 23.1. The zero-order valence-corrected chi connectivity index (χ0v) is 16.1. The zero-order chi connectivity index (χ0) is 19.3. The summed E-state index contributed by atoms with van der Waals surface area (Å²) in [5, 5.41) is 3.28. The molecular weight excluding hydrogens is 399 g/mol. The molecule has 1 amide bonds. The van der Waals surface area contributed by atoms with Crippen molar-refractivity contribution in [3.05, 3.63) is 58.1 Å². The highest BCUT2D eigenvalue weighted by atomic mass is 35.5. The number of carbonyl (C=O) groups excluding carboxylic acids is 2. The molecule has 0 spiro atoms. The molecule has 2 aromatic rings. The van der Waals surface area contributed by atoms with Gasteiger partial charge in [-0.05, 0) is 37.3 Å². The predicted molar refractivity (Wildman–Crippen MR) is 101 cm³/mol. The van der Waals surface area contributed by atoms with Crippen molar-refractivity contribution < 1.29 is 18.0 Å². The van der Waals surface area contributed by atoms with Gasteiger partial charge in [0, 0.05) is 24.2 Å². The van der Waals surface area contributed by atoms with Gasteiger partial charge in [0.1, 0.15) is 0 Å². The Hall–Kier alpha value is -1.93. The lowest BCUT2D eigenvalue weighted by Crippen LogP contribution is -2.27. The fraction of sp³-hybridized carbons (Fsp3) is 0.176. The van der Waals surface area contributed by atoms with Gasteiger partial charge in [0.25, 0.3) is 0 Å². The fourth-order valence-corrected chi connectivity index (χ4v) is 3.38. The Kier molecular flexibility index (Phi) is 6.77. The number of nitrogens with one attached hydrogen (secondary N) is 2. The van der Waals surface area contributed by atoms with Gasteiger partial charge in [-0.1, -0.05) is 35.3 Å². The number of benzene rings is 2. The van der Waals surface area contributed by atoms with Crippen LogP contribution in [0.4, 0.5) is 5.69 Å². The van der Waals surface area contributed by atoms with Crippen LogP contribution < -0.4 is 10.0 Å². The second kappa shape index (κ2) is 8.64. The van der Waals surface area contributed by atoms with Crippen LogP contribution in [-0.4, -0.2) is 26.7 Å². The third-order valence-electron chi connectivity index (χ3n) is 3.42. The van der Waals surface area contributed by atoms with E-state index in [0.717, 1.165) is 0 Å². The number of carbonyl (C=O) groups is 2. The van der Waals surface area contributed by atoms with Crippen molar-refractivity contribution in [1.82, 2.24) is 4.72 Å². The van der Waals surface area contributed by atoms with Crippen LogP contribution in [0.3, 0.4) is 0 Å². The van der Waals surface area contributed by atoms with Crippen LogP contribution in [-0.2, 0) is 14.8 Å². The highest BCUT2D eigenvalue weighted by Gasteiger charge is 2.15. The Bertz CT molecular complexity index is 928. The van der Waals surface area contributed by atoms with Gasteiger partial charge in [0.05, 0.1) is 14.9 Å². The second-order valence-corrected chi connectivity index (χ2v) is 7.99. The zero-order valence-electron chi connectivity index (χ0n) is 13.8. The molecule has 0 radical (unpaired) electrons. The van der Waals surface area contributed by atoms with Crippen molar-refractivity contribution in [1.29, 1.82) is 0 Å². The molecule has 0 unspecified atom stereocenters. The van der Waals surface area contributed by atoms with E-state index in [4.69, 9.17) is 23.2 Å². The first kappa shape index (κ1) is 20.4. The van der Waals surface area contributed by atoms with Crippen LogP contribution in [0.25, 0.3) is 0 Å². The van der Waals surface area contributed by atoms with Crippen molar-refractivity contribution in [3.8, 4) is 0 Å². The van der Waals surface area contributed by atoms with Gasteiger partial charge in [-0.25, -0.2) is 13.1 Å². The Balaban J connectivity index is 1.90. The number of rotatable bonds is 7. The highest BCUT2D eigenvalue weighted by molar-refractivity contribution is 7.89. The molecule has 0 saturated heterocycles. The molecule has 138 valence electrons. The van der Waals surface area contributed by atoms with Gasteiger partial charge in [-0.3, -0.25) is 9.59 Å². The molecule has 0 aliphatic rings. The maximum absolute atomic E-state index is 12.2. The summed E-state index contributed by atoms with van der Waals surface area (Å²) in [5.41, 5.74) is 0.886. The molecule has 0 aromatic heterocycles. The first-order valence-electron chi connectivity index (χ1n) is 7.54. The summed E-state index contributed by atoms with van der Waals surface area (Å²) in [6.45, 7) is 1.32. The van der Waals surface area contributed by atoms with Crippen molar-refractivity contribution in [2.45, 2.75) is 18.2 Å². The average Bonchev–Trinajstić information content (AvgIpc) is 2.58. The molecule has 9 heteroatoms. The van der Waals surface area contributed by atoms with E-state index in [1.165, 1.54) is 37.3 Å². The number of anilines is 1. The number of amides is 1. The Morgan fingerprint density at radius 2 is 1.65 bits per heavy atom. The lowest BCUT2D eigenvalue weighted by atomic mass is 10.2. The molecule has 0 bridgehead atoms. The van der Waals surface area contributed by atoms with Gasteiger partial charge in [0.15, 0.2) is 5.78 Å². The molecule has 0 atom stereocenters. The molecule has 2 rings (SSSR count). The SMILES string of the molecule is CC(=O)c1ccc(S(=O)(=O)NCCC(=O)Nc2ccc(Cl)c(Cl)c2)cc1. The number of hydrogen-bond acceptors (Lipinski definition) is 4. The van der Waals surface area contributed by atoms with Crippen molar-refractivity contribution in [2.75, 3.05) is 11.9 Å². The topological polar surface area (TPSA) is 92.3 Å². The molecule has 2 aromatic carbocycles. The second-order valence-electron chi connectivity index (χ2n) is 5.41. The molecule has 2 N–H and O–H groups in total. The summed E-state index contributed by atoms with van der Waals surface area (Å²) in [7, 11) is -3.76. The van der Waals surface area contributed by atoms with E-state index in [1.54, 1.807) is 12.1 Å². The van der Waals surface area contributed by atoms with E-state index in [1.807, 2.05) is 0 Å². The molecule has 0 aliphatic carbocycles. The van der Waals surface area contributed by atoms with Gasteiger partial charge >= 0.3 is 0 Å². The van der Waals surface area contributed by atoms with Crippen LogP contribution >= 0.6 is 23.2 Å². The Morgan fingerprint density at radius 1 is 1.00 bits per heavy atom. The number of Topliss-reactive ketones (excluding diaryl/α,β-unsaturated/α-hetero) is 1. The number of ketones is 1. The maximum Gasteiger partial charge on any atom is 0.240 e.